The van der Waals surface area contributed by atoms with Crippen LogP contribution in [0.25, 0.3) is 0 Å². The molecule has 1 unspecified atom stereocenters. The summed E-state index contributed by atoms with van der Waals surface area (Å²) in [4.78, 5) is 34.9. The molecule has 1 N–H and O–H groups in total. The lowest BCUT2D eigenvalue weighted by Crippen LogP contribution is -2.28. The number of amides is 2. The number of anilines is 2. The Hall–Kier alpha value is -2.76. The second kappa shape index (κ2) is 7.01. The zero-order valence-corrected chi connectivity index (χ0v) is 14.7. The van der Waals surface area contributed by atoms with E-state index in [1.54, 1.807) is 4.90 Å². The van der Waals surface area contributed by atoms with Crippen molar-refractivity contribution in [1.82, 2.24) is 9.97 Å². The SMILES string of the molecule is CCc1ccc(N2CC(C(=O)Nc3nc(C)cc(C)n3)CC2=O)cc1. The van der Waals surface area contributed by atoms with E-state index in [9.17, 15) is 9.59 Å². The van der Waals surface area contributed by atoms with Gasteiger partial charge in [0.1, 0.15) is 0 Å². The van der Waals surface area contributed by atoms with E-state index >= 15 is 0 Å². The lowest BCUT2D eigenvalue weighted by Gasteiger charge is -2.17. The Morgan fingerprint density at radius 2 is 1.84 bits per heavy atom. The van der Waals surface area contributed by atoms with Gasteiger partial charge in [0.15, 0.2) is 0 Å². The molecule has 25 heavy (non-hydrogen) atoms. The molecule has 130 valence electrons. The normalized spacial score (nSPS) is 17.0. The van der Waals surface area contributed by atoms with Gasteiger partial charge in [0, 0.05) is 30.0 Å². The predicted octanol–water partition coefficient (Wildman–Crippen LogP) is 2.65. The molecule has 1 aliphatic rings. The fourth-order valence-electron chi connectivity index (χ4n) is 3.04. The van der Waals surface area contributed by atoms with Crippen LogP contribution in [0.5, 0.6) is 0 Å². The molecule has 3 rings (SSSR count). The molecule has 1 fully saturated rings. The summed E-state index contributed by atoms with van der Waals surface area (Å²) in [7, 11) is 0. The molecule has 0 aliphatic carbocycles. The highest BCUT2D eigenvalue weighted by molar-refractivity contribution is 6.03. The standard InChI is InChI=1S/C19H22N4O2/c1-4-14-5-7-16(8-6-14)23-11-15(10-17(23)24)18(25)22-19-20-12(2)9-13(3)21-19/h5-9,15H,4,10-11H2,1-3H3,(H,20,21,22,25). The fourth-order valence-corrected chi connectivity index (χ4v) is 3.04. The lowest BCUT2D eigenvalue weighted by atomic mass is 10.1. The number of nitrogens with zero attached hydrogens (tertiary/aromatic N) is 3. The number of aryl methyl sites for hydroxylation is 3. The van der Waals surface area contributed by atoms with Crippen LogP contribution in [0.2, 0.25) is 0 Å². The van der Waals surface area contributed by atoms with Crippen LogP contribution < -0.4 is 10.2 Å². The van der Waals surface area contributed by atoms with Crippen molar-refractivity contribution in [2.75, 3.05) is 16.8 Å². The van der Waals surface area contributed by atoms with Crippen molar-refractivity contribution in [3.63, 3.8) is 0 Å². The second-order valence-corrected chi connectivity index (χ2v) is 6.39. The molecule has 2 aromatic rings. The monoisotopic (exact) mass is 338 g/mol. The third-order valence-electron chi connectivity index (χ3n) is 4.37. The van der Waals surface area contributed by atoms with Gasteiger partial charge in [0.05, 0.1) is 5.92 Å². The maximum Gasteiger partial charge on any atom is 0.232 e. The van der Waals surface area contributed by atoms with E-state index in [-0.39, 0.29) is 18.2 Å². The molecular weight excluding hydrogens is 316 g/mol. The number of rotatable bonds is 4. The number of benzene rings is 1. The highest BCUT2D eigenvalue weighted by atomic mass is 16.2. The molecule has 1 aromatic heterocycles. The van der Waals surface area contributed by atoms with Crippen LogP contribution in [-0.2, 0) is 16.0 Å². The lowest BCUT2D eigenvalue weighted by molar-refractivity contribution is -0.122. The maximum atomic E-state index is 12.5. The zero-order chi connectivity index (χ0) is 18.0. The van der Waals surface area contributed by atoms with E-state index in [4.69, 9.17) is 0 Å². The van der Waals surface area contributed by atoms with Crippen LogP contribution in [0.1, 0.15) is 30.3 Å². The Balaban J connectivity index is 1.69. The highest BCUT2D eigenvalue weighted by Crippen LogP contribution is 2.26. The fraction of sp³-hybridized carbons (Fsp3) is 0.368. The first-order valence-electron chi connectivity index (χ1n) is 8.48. The van der Waals surface area contributed by atoms with Crippen LogP contribution in [-0.4, -0.2) is 28.3 Å². The Labute approximate surface area is 147 Å². The van der Waals surface area contributed by atoms with E-state index in [0.29, 0.717) is 12.5 Å². The third-order valence-corrected chi connectivity index (χ3v) is 4.37. The summed E-state index contributed by atoms with van der Waals surface area (Å²) in [6.45, 7) is 6.17. The molecule has 0 bridgehead atoms. The van der Waals surface area contributed by atoms with Crippen molar-refractivity contribution in [3.05, 3.63) is 47.3 Å². The number of carbonyl (C=O) groups is 2. The number of hydrogen-bond donors (Lipinski definition) is 1. The van der Waals surface area contributed by atoms with Gasteiger partial charge in [-0.05, 0) is 44.0 Å². The summed E-state index contributed by atoms with van der Waals surface area (Å²) in [5.74, 6) is -0.361. The van der Waals surface area contributed by atoms with Crippen LogP contribution in [0.15, 0.2) is 30.3 Å². The molecule has 2 amide bonds. The van der Waals surface area contributed by atoms with E-state index in [1.807, 2.05) is 44.2 Å². The molecule has 2 heterocycles. The summed E-state index contributed by atoms with van der Waals surface area (Å²) in [6, 6.07) is 9.74. The maximum absolute atomic E-state index is 12.5. The zero-order valence-electron chi connectivity index (χ0n) is 14.7. The Morgan fingerprint density at radius 3 is 2.44 bits per heavy atom. The summed E-state index contributed by atoms with van der Waals surface area (Å²) in [5.41, 5.74) is 3.64. The topological polar surface area (TPSA) is 75.2 Å². The molecule has 1 aliphatic heterocycles. The summed E-state index contributed by atoms with van der Waals surface area (Å²) in [5, 5.41) is 2.74. The van der Waals surface area contributed by atoms with Crippen LogP contribution >= 0.6 is 0 Å². The van der Waals surface area contributed by atoms with Gasteiger partial charge in [-0.2, -0.15) is 0 Å². The van der Waals surface area contributed by atoms with E-state index in [0.717, 1.165) is 23.5 Å². The van der Waals surface area contributed by atoms with E-state index in [2.05, 4.69) is 22.2 Å². The Morgan fingerprint density at radius 1 is 1.20 bits per heavy atom. The van der Waals surface area contributed by atoms with Crippen molar-refractivity contribution in [2.45, 2.75) is 33.6 Å². The van der Waals surface area contributed by atoms with Crippen LogP contribution in [0.4, 0.5) is 11.6 Å². The van der Waals surface area contributed by atoms with Crippen molar-refractivity contribution in [3.8, 4) is 0 Å². The minimum absolute atomic E-state index is 0.0364. The summed E-state index contributed by atoms with van der Waals surface area (Å²) >= 11 is 0. The van der Waals surface area contributed by atoms with Crippen molar-refractivity contribution < 1.29 is 9.59 Å². The smallest absolute Gasteiger partial charge is 0.232 e. The van der Waals surface area contributed by atoms with E-state index < -0.39 is 5.92 Å². The average Bonchev–Trinajstić information content (AvgIpc) is 2.96. The van der Waals surface area contributed by atoms with Gasteiger partial charge in [-0.25, -0.2) is 9.97 Å². The van der Waals surface area contributed by atoms with Gasteiger partial charge in [0.25, 0.3) is 0 Å². The number of nitrogens with one attached hydrogen (secondary N) is 1. The molecule has 1 aromatic carbocycles. The molecule has 0 spiro atoms. The van der Waals surface area contributed by atoms with Gasteiger partial charge in [-0.3, -0.25) is 14.9 Å². The van der Waals surface area contributed by atoms with Gasteiger partial charge < -0.3 is 4.90 Å². The first-order valence-corrected chi connectivity index (χ1v) is 8.48. The largest absolute Gasteiger partial charge is 0.312 e. The first kappa shape index (κ1) is 17.1. The van der Waals surface area contributed by atoms with Crippen molar-refractivity contribution in [1.29, 1.82) is 0 Å². The summed E-state index contributed by atoms with van der Waals surface area (Å²) < 4.78 is 0. The second-order valence-electron chi connectivity index (χ2n) is 6.39. The van der Waals surface area contributed by atoms with Gasteiger partial charge in [0.2, 0.25) is 17.8 Å². The summed E-state index contributed by atoms with van der Waals surface area (Å²) in [6.07, 6.45) is 1.15. The molecule has 0 radical (unpaired) electrons. The highest BCUT2D eigenvalue weighted by Gasteiger charge is 2.35. The quantitative estimate of drug-likeness (QED) is 0.930. The Bertz CT molecular complexity index is 781. The number of carbonyl (C=O) groups excluding carboxylic acids is 2. The minimum atomic E-state index is -0.400. The van der Waals surface area contributed by atoms with Gasteiger partial charge >= 0.3 is 0 Å². The van der Waals surface area contributed by atoms with Crippen LogP contribution in [0.3, 0.4) is 0 Å². The van der Waals surface area contributed by atoms with Crippen molar-refractivity contribution in [2.24, 2.45) is 5.92 Å². The molecule has 1 atom stereocenters. The number of hydrogen-bond acceptors (Lipinski definition) is 4. The Kier molecular flexibility index (Phi) is 4.79. The van der Waals surface area contributed by atoms with Crippen molar-refractivity contribution >= 4 is 23.5 Å². The molecule has 0 saturated carbocycles. The van der Waals surface area contributed by atoms with E-state index in [1.165, 1.54) is 5.56 Å². The van der Waals surface area contributed by atoms with Gasteiger partial charge in [-0.15, -0.1) is 0 Å². The average molecular weight is 338 g/mol. The molecule has 6 heteroatoms. The van der Waals surface area contributed by atoms with Crippen LogP contribution in [0, 0.1) is 19.8 Å². The molecular formula is C19H22N4O2. The minimum Gasteiger partial charge on any atom is -0.312 e. The molecule has 1 saturated heterocycles. The molecule has 6 nitrogen and oxygen atoms in total. The first-order chi connectivity index (χ1) is 12.0. The predicted molar refractivity (Wildman–Crippen MR) is 96.4 cm³/mol. The third kappa shape index (κ3) is 3.84. The number of aromatic nitrogens is 2. The van der Waals surface area contributed by atoms with Gasteiger partial charge in [-0.1, -0.05) is 19.1 Å².